The summed E-state index contributed by atoms with van der Waals surface area (Å²) in [4.78, 5) is 13.9. The summed E-state index contributed by atoms with van der Waals surface area (Å²) >= 11 is 5.59. The summed E-state index contributed by atoms with van der Waals surface area (Å²) in [5.41, 5.74) is 3.17. The zero-order chi connectivity index (χ0) is 21.6. The lowest BCUT2D eigenvalue weighted by Crippen LogP contribution is -2.51. The lowest BCUT2D eigenvalue weighted by molar-refractivity contribution is -0.692. The largest absolute Gasteiger partial charge is 0.370 e. The fourth-order valence-corrected chi connectivity index (χ4v) is 3.45. The summed E-state index contributed by atoms with van der Waals surface area (Å²) in [6, 6.07) is 11.4. The van der Waals surface area contributed by atoms with Crippen molar-refractivity contribution in [3.8, 4) is 0 Å². The molecule has 0 radical (unpaired) electrons. The van der Waals surface area contributed by atoms with Crippen LogP contribution in [-0.2, 0) is 5.41 Å². The quantitative estimate of drug-likeness (QED) is 0.277. The van der Waals surface area contributed by atoms with E-state index in [0.717, 1.165) is 6.42 Å². The van der Waals surface area contributed by atoms with Crippen LogP contribution in [0.3, 0.4) is 0 Å². The molecule has 1 aromatic heterocycles. The Morgan fingerprint density at radius 1 is 1.17 bits per heavy atom. The molecule has 154 valence electrons. The molecule has 2 aromatic rings. The van der Waals surface area contributed by atoms with Crippen LogP contribution in [0, 0.1) is 0 Å². The molecule has 4 heteroatoms. The highest BCUT2D eigenvalue weighted by Crippen LogP contribution is 2.22. The van der Waals surface area contributed by atoms with Gasteiger partial charge in [0.15, 0.2) is 17.4 Å². The third-order valence-electron chi connectivity index (χ3n) is 5.31. The Bertz CT molecular complexity index is 848. The van der Waals surface area contributed by atoms with Crippen LogP contribution in [0.1, 0.15) is 74.5 Å². The van der Waals surface area contributed by atoms with E-state index in [1.165, 1.54) is 11.1 Å². The minimum absolute atomic E-state index is 0.0178. The molecule has 1 aromatic carbocycles. The molecule has 0 saturated heterocycles. The summed E-state index contributed by atoms with van der Waals surface area (Å²) in [7, 11) is 0. The van der Waals surface area contributed by atoms with Crippen molar-refractivity contribution in [1.82, 2.24) is 5.32 Å². The van der Waals surface area contributed by atoms with E-state index < -0.39 is 6.04 Å². The second-order valence-electron chi connectivity index (χ2n) is 8.52. The van der Waals surface area contributed by atoms with E-state index in [1.54, 1.807) is 6.08 Å². The van der Waals surface area contributed by atoms with Crippen LogP contribution in [0.4, 0.5) is 0 Å². The Morgan fingerprint density at radius 3 is 2.24 bits per heavy atom. The number of nitrogens with zero attached hydrogens (tertiary/aromatic N) is 1. The third kappa shape index (κ3) is 5.83. The van der Waals surface area contributed by atoms with Crippen LogP contribution in [0.2, 0.25) is 0 Å². The molecule has 1 heterocycles. The number of pyridine rings is 1. The average molecular weight is 410 g/mol. The maximum atomic E-state index is 13.4. The standard InChI is InChI=1S/C25H32N2OS/c1-7-15-26-24(29)22(27-16-13-21(14-17-27)25(4,5)6)23(28)20-11-9-19(10-12-20)18(3)8-2/h7,9-14,16-18,22H,1,8,15H2,2-6H3/p+1/t18-,22+/m0/s1. The van der Waals surface area contributed by atoms with Crippen molar-refractivity contribution >= 4 is 23.0 Å². The second-order valence-corrected chi connectivity index (χ2v) is 8.96. The van der Waals surface area contributed by atoms with Crippen molar-refractivity contribution in [1.29, 1.82) is 0 Å². The van der Waals surface area contributed by atoms with E-state index in [9.17, 15) is 4.79 Å². The maximum absolute atomic E-state index is 13.4. The van der Waals surface area contributed by atoms with Gasteiger partial charge in [0.25, 0.3) is 6.04 Å². The summed E-state index contributed by atoms with van der Waals surface area (Å²) in [5.74, 6) is 0.459. The van der Waals surface area contributed by atoms with Crippen LogP contribution >= 0.6 is 12.2 Å². The molecule has 0 fully saturated rings. The monoisotopic (exact) mass is 409 g/mol. The van der Waals surface area contributed by atoms with E-state index >= 15 is 0 Å². The lowest BCUT2D eigenvalue weighted by Gasteiger charge is -2.19. The van der Waals surface area contributed by atoms with Gasteiger partial charge in [-0.1, -0.05) is 77.2 Å². The Morgan fingerprint density at radius 2 is 1.76 bits per heavy atom. The van der Waals surface area contributed by atoms with Crippen molar-refractivity contribution in [2.45, 2.75) is 58.4 Å². The first-order chi connectivity index (χ1) is 13.7. The lowest BCUT2D eigenvalue weighted by atomic mass is 9.88. The van der Waals surface area contributed by atoms with Gasteiger partial charge in [-0.25, -0.2) is 0 Å². The second kappa shape index (κ2) is 9.93. The molecule has 1 N–H and O–H groups in total. The Kier molecular flexibility index (Phi) is 7.86. The molecule has 2 rings (SSSR count). The molecule has 0 saturated carbocycles. The van der Waals surface area contributed by atoms with Crippen LogP contribution in [0.5, 0.6) is 0 Å². The van der Waals surface area contributed by atoms with Gasteiger partial charge in [0.05, 0.1) is 0 Å². The number of benzene rings is 1. The fraction of sp³-hybridized carbons (Fsp3) is 0.400. The number of thiocarbonyl (C=S) groups is 1. The van der Waals surface area contributed by atoms with Crippen LogP contribution < -0.4 is 9.88 Å². The smallest absolute Gasteiger partial charge is 0.270 e. The zero-order valence-electron chi connectivity index (χ0n) is 18.2. The number of aromatic nitrogens is 1. The van der Waals surface area contributed by atoms with Crippen LogP contribution in [0.15, 0.2) is 61.4 Å². The molecule has 0 aliphatic heterocycles. The molecular weight excluding hydrogens is 376 g/mol. The van der Waals surface area contributed by atoms with Gasteiger partial charge >= 0.3 is 0 Å². The summed E-state index contributed by atoms with van der Waals surface area (Å²) in [5, 5.41) is 3.14. The molecule has 0 amide bonds. The molecular formula is C25H33N2OS+. The van der Waals surface area contributed by atoms with Crippen molar-refractivity contribution in [2.75, 3.05) is 6.54 Å². The Balaban J connectivity index is 2.38. The predicted octanol–water partition coefficient (Wildman–Crippen LogP) is 5.31. The minimum Gasteiger partial charge on any atom is -0.370 e. The molecule has 0 spiro atoms. The molecule has 29 heavy (non-hydrogen) atoms. The van der Waals surface area contributed by atoms with Gasteiger partial charge in [0.1, 0.15) is 0 Å². The highest BCUT2D eigenvalue weighted by atomic mass is 32.1. The van der Waals surface area contributed by atoms with Gasteiger partial charge in [-0.15, -0.1) is 6.58 Å². The number of ketones is 1. The molecule has 0 bridgehead atoms. The zero-order valence-corrected chi connectivity index (χ0v) is 19.1. The van der Waals surface area contributed by atoms with Crippen molar-refractivity contribution in [3.63, 3.8) is 0 Å². The molecule has 2 atom stereocenters. The summed E-state index contributed by atoms with van der Waals surface area (Å²) in [6.45, 7) is 15.1. The van der Waals surface area contributed by atoms with Gasteiger partial charge in [0, 0.05) is 24.2 Å². The number of rotatable bonds is 8. The minimum atomic E-state index is -0.589. The number of Topliss-reactive ketones (excluding diaryl/α,β-unsaturated/α-hetero) is 1. The van der Waals surface area contributed by atoms with Gasteiger partial charge in [0.2, 0.25) is 5.78 Å². The van der Waals surface area contributed by atoms with Crippen molar-refractivity contribution < 1.29 is 9.36 Å². The Hall–Kier alpha value is -2.33. The van der Waals surface area contributed by atoms with Crippen molar-refractivity contribution in [3.05, 3.63) is 78.1 Å². The number of carbonyl (C=O) groups excluding carboxylic acids is 1. The van der Waals surface area contributed by atoms with E-state index in [-0.39, 0.29) is 11.2 Å². The van der Waals surface area contributed by atoms with Gasteiger partial charge < -0.3 is 5.32 Å². The predicted molar refractivity (Wildman–Crippen MR) is 125 cm³/mol. The number of hydrogen-bond acceptors (Lipinski definition) is 2. The van der Waals surface area contributed by atoms with Gasteiger partial charge in [-0.3, -0.25) is 4.79 Å². The maximum Gasteiger partial charge on any atom is 0.270 e. The van der Waals surface area contributed by atoms with Crippen LogP contribution in [0.25, 0.3) is 0 Å². The van der Waals surface area contributed by atoms with E-state index in [2.05, 4.69) is 58.6 Å². The highest BCUT2D eigenvalue weighted by molar-refractivity contribution is 7.80. The van der Waals surface area contributed by atoms with E-state index in [0.29, 0.717) is 23.0 Å². The SMILES string of the molecule is C=CCNC(=S)[C@@H](C(=O)c1ccc([C@@H](C)CC)cc1)[n+]1ccc(C(C)(C)C)cc1. The summed E-state index contributed by atoms with van der Waals surface area (Å²) < 4.78 is 1.89. The van der Waals surface area contributed by atoms with E-state index in [1.807, 2.05) is 41.2 Å². The molecule has 0 aliphatic carbocycles. The average Bonchev–Trinajstić information content (AvgIpc) is 2.71. The molecule has 0 unspecified atom stereocenters. The molecule has 3 nitrogen and oxygen atoms in total. The first-order valence-electron chi connectivity index (χ1n) is 10.2. The fourth-order valence-electron chi connectivity index (χ4n) is 3.14. The van der Waals surface area contributed by atoms with Gasteiger partial charge in [-0.05, 0) is 28.9 Å². The highest BCUT2D eigenvalue weighted by Gasteiger charge is 2.33. The van der Waals surface area contributed by atoms with Crippen LogP contribution in [-0.4, -0.2) is 17.3 Å². The van der Waals surface area contributed by atoms with E-state index in [4.69, 9.17) is 12.2 Å². The topological polar surface area (TPSA) is 33.0 Å². The van der Waals surface area contributed by atoms with Gasteiger partial charge in [-0.2, -0.15) is 4.57 Å². The Labute approximate surface area is 180 Å². The molecule has 0 aliphatic rings. The first-order valence-corrected chi connectivity index (χ1v) is 10.6. The number of carbonyl (C=O) groups is 1. The van der Waals surface area contributed by atoms with Crippen molar-refractivity contribution in [2.24, 2.45) is 0 Å². The normalized spacial score (nSPS) is 13.4. The first kappa shape index (κ1) is 23.0. The number of hydrogen-bond donors (Lipinski definition) is 1. The summed E-state index contributed by atoms with van der Waals surface area (Å²) in [6.07, 6.45) is 6.70. The third-order valence-corrected chi connectivity index (χ3v) is 5.68. The number of nitrogens with one attached hydrogen (secondary N) is 1.